The number of guanidine groups is 1. The molecule has 1 aliphatic heterocycles. The summed E-state index contributed by atoms with van der Waals surface area (Å²) in [5.74, 6) is 0.831. The van der Waals surface area contributed by atoms with Crippen LogP contribution >= 0.6 is 0 Å². The predicted octanol–water partition coefficient (Wildman–Crippen LogP) is 15.1. The molecule has 3 heteroatoms. The van der Waals surface area contributed by atoms with Gasteiger partial charge >= 0.3 is 0 Å². The van der Waals surface area contributed by atoms with Gasteiger partial charge in [-0.05, 0) is 80.3 Å². The second kappa shape index (κ2) is 16.0. The zero-order chi connectivity index (χ0) is 42.6. The van der Waals surface area contributed by atoms with Gasteiger partial charge in [-0.1, -0.05) is 221 Å². The maximum atomic E-state index is 11.0. The summed E-state index contributed by atoms with van der Waals surface area (Å²) >= 11 is 0. The molecule has 6 unspecified atom stereocenters. The zero-order valence-electron chi connectivity index (χ0n) is 36.7. The topological polar surface area (TPSA) is 30.3 Å². The van der Waals surface area contributed by atoms with Gasteiger partial charge in [0, 0.05) is 23.7 Å². The highest BCUT2D eigenvalue weighted by molar-refractivity contribution is 6.14. The number of aryl methyl sites for hydroxylation is 2. The fourth-order valence-electron chi connectivity index (χ4n) is 10.9. The SMILES string of the molecule is Cc1cc(C(C)c2ccccc2)c(N2C(=N)N(c3c(C(C)c4ccccc4)cc(C)cc3C(C)c3ccccc3)C3c4cccc5cccc(c45)C32)c(C(C)c2ccccc2)c1. The van der Waals surface area contributed by atoms with Crippen LogP contribution in [0.5, 0.6) is 0 Å². The van der Waals surface area contributed by atoms with E-state index in [2.05, 4.69) is 233 Å². The third kappa shape index (κ3) is 6.54. The van der Waals surface area contributed by atoms with Gasteiger partial charge in [0.05, 0.1) is 23.5 Å². The fraction of sp³-hybridized carbons (Fsp3) is 0.203. The average molecular weight is 806 g/mol. The molecule has 2 aliphatic rings. The highest BCUT2D eigenvalue weighted by Crippen LogP contribution is 2.60. The predicted molar refractivity (Wildman–Crippen MR) is 260 cm³/mol. The number of fused-ring (bicyclic) bond motifs is 3. The summed E-state index contributed by atoms with van der Waals surface area (Å²) in [7, 11) is 0. The van der Waals surface area contributed by atoms with Gasteiger partial charge in [0.25, 0.3) is 0 Å². The molecule has 0 saturated carbocycles. The zero-order valence-corrected chi connectivity index (χ0v) is 36.7. The summed E-state index contributed by atoms with van der Waals surface area (Å²) in [6.07, 6.45) is 0. The van der Waals surface area contributed by atoms with Crippen LogP contribution in [-0.4, -0.2) is 5.96 Å². The van der Waals surface area contributed by atoms with E-state index in [0.717, 1.165) is 11.4 Å². The molecule has 1 saturated heterocycles. The van der Waals surface area contributed by atoms with E-state index in [-0.39, 0.29) is 35.8 Å². The van der Waals surface area contributed by atoms with Crippen molar-refractivity contribution in [3.8, 4) is 0 Å². The van der Waals surface area contributed by atoms with Gasteiger partial charge in [-0.3, -0.25) is 5.41 Å². The molecule has 8 aromatic carbocycles. The Hall–Kier alpha value is -6.71. The van der Waals surface area contributed by atoms with Gasteiger partial charge in [0.15, 0.2) is 0 Å². The number of rotatable bonds is 10. The first-order chi connectivity index (χ1) is 30.2. The summed E-state index contributed by atoms with van der Waals surface area (Å²) < 4.78 is 0. The first-order valence-electron chi connectivity index (χ1n) is 22.4. The molecule has 1 N–H and O–H groups in total. The summed E-state index contributed by atoms with van der Waals surface area (Å²) in [5.41, 5.74) is 17.4. The molecular weight excluding hydrogens is 751 g/mol. The van der Waals surface area contributed by atoms with Crippen molar-refractivity contribution < 1.29 is 0 Å². The van der Waals surface area contributed by atoms with Crippen LogP contribution in [0.2, 0.25) is 0 Å². The number of anilines is 2. The van der Waals surface area contributed by atoms with Crippen molar-refractivity contribution in [2.45, 2.75) is 77.3 Å². The van der Waals surface area contributed by atoms with Crippen molar-refractivity contribution in [1.29, 1.82) is 5.41 Å². The molecule has 62 heavy (non-hydrogen) atoms. The molecule has 10 rings (SSSR count). The molecule has 6 atom stereocenters. The second-order valence-electron chi connectivity index (χ2n) is 17.9. The summed E-state index contributed by atoms with van der Waals surface area (Å²) in [4.78, 5) is 4.94. The first-order valence-corrected chi connectivity index (χ1v) is 22.4. The number of hydrogen-bond acceptors (Lipinski definition) is 1. The highest BCUT2D eigenvalue weighted by Gasteiger charge is 2.53. The molecule has 0 radical (unpaired) electrons. The maximum Gasteiger partial charge on any atom is 0.204 e. The van der Waals surface area contributed by atoms with Gasteiger partial charge in [0.2, 0.25) is 5.96 Å². The van der Waals surface area contributed by atoms with Gasteiger partial charge in [-0.15, -0.1) is 0 Å². The third-order valence-electron chi connectivity index (χ3n) is 14.1. The van der Waals surface area contributed by atoms with Gasteiger partial charge in [-0.25, -0.2) is 0 Å². The standard InChI is InChI=1S/C59H55N3/c1-37-33-50(39(3)43-21-11-7-12-22-43)55(51(34-37)40(4)44-23-13-8-14-24-44)61-57-48-31-19-29-47-30-20-32-49(54(47)48)58(57)62(59(61)60)56-52(41(5)45-25-15-9-16-26-45)35-38(2)36-53(56)42(6)46-27-17-10-18-28-46/h7-36,39-42,57-58,60H,1-6H3. The Morgan fingerprint density at radius 1 is 0.387 bits per heavy atom. The molecule has 0 spiro atoms. The van der Waals surface area contributed by atoms with E-state index in [4.69, 9.17) is 0 Å². The lowest BCUT2D eigenvalue weighted by Gasteiger charge is -2.35. The number of nitrogens with zero attached hydrogens (tertiary/aromatic N) is 2. The largest absolute Gasteiger partial charge is 0.302 e. The molecule has 0 amide bonds. The Kier molecular flexibility index (Phi) is 10.1. The molecule has 1 heterocycles. The minimum atomic E-state index is -0.143. The Balaban J connectivity index is 1.29. The Labute approximate surface area is 367 Å². The van der Waals surface area contributed by atoms with Crippen LogP contribution in [-0.2, 0) is 0 Å². The van der Waals surface area contributed by atoms with Crippen molar-refractivity contribution in [1.82, 2.24) is 0 Å². The number of benzene rings is 8. The van der Waals surface area contributed by atoms with E-state index in [1.54, 1.807) is 0 Å². The van der Waals surface area contributed by atoms with Crippen LogP contribution in [0.4, 0.5) is 11.4 Å². The van der Waals surface area contributed by atoms with E-state index in [1.807, 2.05) is 0 Å². The first kappa shape index (κ1) is 39.4. The number of hydrogen-bond donors (Lipinski definition) is 1. The normalized spacial score (nSPS) is 17.5. The van der Waals surface area contributed by atoms with Gasteiger partial charge < -0.3 is 9.80 Å². The van der Waals surface area contributed by atoms with E-state index in [0.29, 0.717) is 5.96 Å². The summed E-state index contributed by atoms with van der Waals surface area (Å²) in [6, 6.07) is 66.7. The van der Waals surface area contributed by atoms with Crippen LogP contribution in [0.3, 0.4) is 0 Å². The molecule has 1 aliphatic carbocycles. The highest BCUT2D eigenvalue weighted by atomic mass is 15.5. The molecular formula is C59H55N3. The quantitative estimate of drug-likeness (QED) is 0.149. The van der Waals surface area contributed by atoms with Crippen molar-refractivity contribution in [3.05, 3.63) is 249 Å². The van der Waals surface area contributed by atoms with E-state index in [1.165, 1.54) is 77.5 Å². The van der Waals surface area contributed by atoms with E-state index >= 15 is 0 Å². The molecule has 0 aromatic heterocycles. The van der Waals surface area contributed by atoms with Crippen molar-refractivity contribution in [3.63, 3.8) is 0 Å². The van der Waals surface area contributed by atoms with E-state index < -0.39 is 0 Å². The maximum absolute atomic E-state index is 11.0. The van der Waals surface area contributed by atoms with Crippen LogP contribution in [0.25, 0.3) is 10.8 Å². The van der Waals surface area contributed by atoms with E-state index in [9.17, 15) is 5.41 Å². The minimum Gasteiger partial charge on any atom is -0.302 e. The van der Waals surface area contributed by atoms with Crippen LogP contribution in [0.1, 0.15) is 130 Å². The lowest BCUT2D eigenvalue weighted by Crippen LogP contribution is -2.37. The van der Waals surface area contributed by atoms with Crippen molar-refractivity contribution in [2.75, 3.05) is 9.80 Å². The Morgan fingerprint density at radius 3 is 0.968 bits per heavy atom. The molecule has 306 valence electrons. The lowest BCUT2D eigenvalue weighted by molar-refractivity contribution is 0.640. The summed E-state index contributed by atoms with van der Waals surface area (Å²) in [6.45, 7) is 13.9. The van der Waals surface area contributed by atoms with Crippen molar-refractivity contribution >= 4 is 28.1 Å². The smallest absolute Gasteiger partial charge is 0.204 e. The van der Waals surface area contributed by atoms with Crippen molar-refractivity contribution in [2.24, 2.45) is 0 Å². The van der Waals surface area contributed by atoms with Gasteiger partial charge in [0.1, 0.15) is 0 Å². The van der Waals surface area contributed by atoms with Crippen LogP contribution < -0.4 is 9.80 Å². The minimum absolute atomic E-state index is 0.0781. The van der Waals surface area contributed by atoms with Gasteiger partial charge in [-0.2, -0.15) is 0 Å². The monoisotopic (exact) mass is 805 g/mol. The fourth-order valence-corrected chi connectivity index (χ4v) is 10.9. The third-order valence-corrected chi connectivity index (χ3v) is 14.1. The molecule has 8 aromatic rings. The Morgan fingerprint density at radius 2 is 0.677 bits per heavy atom. The molecule has 1 fully saturated rings. The Bertz CT molecular complexity index is 2590. The average Bonchev–Trinajstić information content (AvgIpc) is 3.80. The lowest BCUT2D eigenvalue weighted by atomic mass is 9.83. The second-order valence-corrected chi connectivity index (χ2v) is 17.9. The molecule has 3 nitrogen and oxygen atoms in total. The number of nitrogens with one attached hydrogen (secondary N) is 1. The molecule has 0 bridgehead atoms. The summed E-state index contributed by atoms with van der Waals surface area (Å²) in [5, 5.41) is 13.6. The van der Waals surface area contributed by atoms with Crippen LogP contribution in [0, 0.1) is 19.3 Å². The van der Waals surface area contributed by atoms with Crippen LogP contribution in [0.15, 0.2) is 182 Å².